The van der Waals surface area contributed by atoms with Crippen molar-refractivity contribution in [3.05, 3.63) is 58.1 Å². The summed E-state index contributed by atoms with van der Waals surface area (Å²) in [7, 11) is 3.04. The molecule has 0 aliphatic heterocycles. The number of carbonyl (C=O) groups is 2. The molecular formula is C25H30ClNO4. The number of benzene rings is 2. The van der Waals surface area contributed by atoms with Crippen molar-refractivity contribution >= 4 is 23.5 Å². The molecule has 3 rings (SSSR count). The summed E-state index contributed by atoms with van der Waals surface area (Å²) in [5.41, 5.74) is 4.23. The summed E-state index contributed by atoms with van der Waals surface area (Å²) in [6.07, 6.45) is 2.72. The predicted octanol–water partition coefficient (Wildman–Crippen LogP) is 4.78. The highest BCUT2D eigenvalue weighted by Crippen LogP contribution is 2.32. The third-order valence-corrected chi connectivity index (χ3v) is 6.52. The largest absolute Gasteiger partial charge is 0.467 e. The van der Waals surface area contributed by atoms with Crippen LogP contribution in [-0.2, 0) is 25.5 Å². The van der Waals surface area contributed by atoms with E-state index in [0.29, 0.717) is 30.7 Å². The summed E-state index contributed by atoms with van der Waals surface area (Å²) in [6, 6.07) is 11.8. The van der Waals surface area contributed by atoms with Crippen LogP contribution in [0.2, 0.25) is 5.02 Å². The lowest BCUT2D eigenvalue weighted by atomic mass is 9.80. The van der Waals surface area contributed by atoms with Crippen LogP contribution in [0.1, 0.15) is 42.4 Å². The fourth-order valence-corrected chi connectivity index (χ4v) is 4.53. The van der Waals surface area contributed by atoms with E-state index in [1.807, 2.05) is 31.2 Å². The number of nitrogens with one attached hydrogen (secondary N) is 1. The molecule has 1 amide bonds. The van der Waals surface area contributed by atoms with E-state index in [0.717, 1.165) is 27.8 Å². The summed E-state index contributed by atoms with van der Waals surface area (Å²) >= 11 is 6.03. The summed E-state index contributed by atoms with van der Waals surface area (Å²) in [5, 5.41) is 3.68. The monoisotopic (exact) mass is 443 g/mol. The molecule has 0 unspecified atom stereocenters. The second kappa shape index (κ2) is 9.84. The molecule has 5 nitrogen and oxygen atoms in total. The van der Waals surface area contributed by atoms with Gasteiger partial charge in [0.1, 0.15) is 5.54 Å². The fourth-order valence-electron chi connectivity index (χ4n) is 4.41. The van der Waals surface area contributed by atoms with Gasteiger partial charge in [0.05, 0.1) is 19.6 Å². The highest BCUT2D eigenvalue weighted by Gasteiger charge is 2.44. The van der Waals surface area contributed by atoms with Crippen molar-refractivity contribution in [1.29, 1.82) is 0 Å². The number of aryl methyl sites for hydroxylation is 2. The zero-order valence-electron chi connectivity index (χ0n) is 18.6. The molecule has 2 aromatic carbocycles. The molecule has 0 atom stereocenters. The van der Waals surface area contributed by atoms with Crippen LogP contribution in [0.5, 0.6) is 0 Å². The Hall–Kier alpha value is -2.37. The lowest BCUT2D eigenvalue weighted by Crippen LogP contribution is -2.57. The van der Waals surface area contributed by atoms with Crippen molar-refractivity contribution in [2.24, 2.45) is 0 Å². The Labute approximate surface area is 189 Å². The van der Waals surface area contributed by atoms with Crippen LogP contribution in [0.15, 0.2) is 36.4 Å². The van der Waals surface area contributed by atoms with E-state index in [-0.39, 0.29) is 18.4 Å². The number of rotatable bonds is 6. The highest BCUT2D eigenvalue weighted by atomic mass is 35.5. The van der Waals surface area contributed by atoms with Crippen LogP contribution in [0.3, 0.4) is 0 Å². The van der Waals surface area contributed by atoms with Gasteiger partial charge in [-0.1, -0.05) is 35.9 Å². The van der Waals surface area contributed by atoms with Crippen molar-refractivity contribution in [3.63, 3.8) is 0 Å². The molecule has 31 heavy (non-hydrogen) atoms. The van der Waals surface area contributed by atoms with Crippen LogP contribution < -0.4 is 5.32 Å². The average molecular weight is 444 g/mol. The van der Waals surface area contributed by atoms with Gasteiger partial charge in [0.2, 0.25) is 5.91 Å². The maximum atomic E-state index is 13.0. The maximum absolute atomic E-state index is 13.0. The Morgan fingerprint density at radius 1 is 1.06 bits per heavy atom. The van der Waals surface area contributed by atoms with Crippen LogP contribution in [0.25, 0.3) is 11.1 Å². The van der Waals surface area contributed by atoms with Gasteiger partial charge in [-0.2, -0.15) is 0 Å². The number of amides is 1. The highest BCUT2D eigenvalue weighted by molar-refractivity contribution is 6.30. The van der Waals surface area contributed by atoms with E-state index in [1.165, 1.54) is 7.11 Å². The van der Waals surface area contributed by atoms with E-state index >= 15 is 0 Å². The van der Waals surface area contributed by atoms with Crippen molar-refractivity contribution in [2.75, 3.05) is 14.2 Å². The molecule has 2 aromatic rings. The topological polar surface area (TPSA) is 64.6 Å². The summed E-state index contributed by atoms with van der Waals surface area (Å²) in [6.45, 7) is 4.06. The van der Waals surface area contributed by atoms with Gasteiger partial charge in [-0.3, -0.25) is 4.79 Å². The fraction of sp³-hybridized carbons (Fsp3) is 0.440. The number of carbonyl (C=O) groups excluding carboxylic acids is 2. The van der Waals surface area contributed by atoms with Gasteiger partial charge in [-0.15, -0.1) is 0 Å². The Bertz CT molecular complexity index is 947. The summed E-state index contributed by atoms with van der Waals surface area (Å²) < 4.78 is 10.4. The maximum Gasteiger partial charge on any atom is 0.331 e. The van der Waals surface area contributed by atoms with Crippen LogP contribution in [-0.4, -0.2) is 37.7 Å². The molecule has 1 aliphatic carbocycles. The normalized spacial score (nSPS) is 20.9. The van der Waals surface area contributed by atoms with Crippen molar-refractivity contribution in [1.82, 2.24) is 5.32 Å². The van der Waals surface area contributed by atoms with Gasteiger partial charge < -0.3 is 14.8 Å². The first-order valence-corrected chi connectivity index (χ1v) is 10.9. The molecule has 166 valence electrons. The van der Waals surface area contributed by atoms with Gasteiger partial charge in [-0.25, -0.2) is 4.79 Å². The van der Waals surface area contributed by atoms with Crippen molar-refractivity contribution in [2.45, 2.75) is 57.6 Å². The standard InChI is InChI=1S/C25H30ClNO4/c1-16-13-17(2)22(18-5-7-20(26)8-6-18)14-19(16)15-23(28)27-25(24(29)31-4)11-9-21(30-3)10-12-25/h5-8,13-14,21H,9-12,15H2,1-4H3,(H,27,28)/t21-,25+. The second-order valence-electron chi connectivity index (χ2n) is 8.33. The molecule has 0 radical (unpaired) electrons. The molecule has 1 aliphatic rings. The number of hydrogen-bond donors (Lipinski definition) is 1. The Morgan fingerprint density at radius 3 is 2.29 bits per heavy atom. The Balaban J connectivity index is 1.81. The van der Waals surface area contributed by atoms with E-state index in [2.05, 4.69) is 24.4 Å². The first kappa shape index (κ1) is 23.3. The van der Waals surface area contributed by atoms with Crippen LogP contribution in [0, 0.1) is 13.8 Å². The molecule has 1 saturated carbocycles. The lowest BCUT2D eigenvalue weighted by molar-refractivity contribution is -0.153. The number of methoxy groups -OCH3 is 2. The van der Waals surface area contributed by atoms with Gasteiger partial charge in [0, 0.05) is 12.1 Å². The minimum Gasteiger partial charge on any atom is -0.467 e. The lowest BCUT2D eigenvalue weighted by Gasteiger charge is -2.38. The van der Waals surface area contributed by atoms with Crippen LogP contribution >= 0.6 is 11.6 Å². The van der Waals surface area contributed by atoms with Crippen molar-refractivity contribution in [3.8, 4) is 11.1 Å². The number of halogens is 1. The minimum absolute atomic E-state index is 0.107. The molecule has 0 heterocycles. The van der Waals surface area contributed by atoms with Crippen LogP contribution in [0.4, 0.5) is 0 Å². The van der Waals surface area contributed by atoms with E-state index in [4.69, 9.17) is 21.1 Å². The molecule has 1 fully saturated rings. The molecule has 1 N–H and O–H groups in total. The molecule has 6 heteroatoms. The SMILES string of the molecule is COC(=O)[C@]1(NC(=O)Cc2cc(-c3ccc(Cl)cc3)c(C)cc2C)CC[C@@H](OC)CC1. The Morgan fingerprint density at radius 2 is 1.71 bits per heavy atom. The van der Waals surface area contributed by atoms with Gasteiger partial charge in [-0.05, 0) is 79.5 Å². The third kappa shape index (κ3) is 5.28. The molecular weight excluding hydrogens is 414 g/mol. The summed E-state index contributed by atoms with van der Waals surface area (Å²) in [4.78, 5) is 25.6. The first-order chi connectivity index (χ1) is 14.8. The number of hydrogen-bond acceptors (Lipinski definition) is 4. The number of esters is 1. The molecule has 0 bridgehead atoms. The average Bonchev–Trinajstić information content (AvgIpc) is 2.76. The van der Waals surface area contributed by atoms with Crippen molar-refractivity contribution < 1.29 is 19.1 Å². The molecule has 0 spiro atoms. The quantitative estimate of drug-likeness (QED) is 0.652. The van der Waals surface area contributed by atoms with E-state index in [1.54, 1.807) is 7.11 Å². The zero-order chi connectivity index (χ0) is 22.6. The van der Waals surface area contributed by atoms with E-state index < -0.39 is 11.5 Å². The number of ether oxygens (including phenoxy) is 2. The molecule has 0 aromatic heterocycles. The van der Waals surface area contributed by atoms with E-state index in [9.17, 15) is 9.59 Å². The first-order valence-electron chi connectivity index (χ1n) is 10.6. The Kier molecular flexibility index (Phi) is 7.39. The second-order valence-corrected chi connectivity index (χ2v) is 8.77. The van der Waals surface area contributed by atoms with Gasteiger partial charge in [0.15, 0.2) is 0 Å². The predicted molar refractivity (Wildman–Crippen MR) is 122 cm³/mol. The van der Waals surface area contributed by atoms with Gasteiger partial charge in [0.25, 0.3) is 0 Å². The summed E-state index contributed by atoms with van der Waals surface area (Å²) in [5.74, 6) is -0.576. The molecule has 0 saturated heterocycles. The minimum atomic E-state index is -0.988. The zero-order valence-corrected chi connectivity index (χ0v) is 19.3. The van der Waals surface area contributed by atoms with Gasteiger partial charge >= 0.3 is 5.97 Å². The smallest absolute Gasteiger partial charge is 0.331 e. The third-order valence-electron chi connectivity index (χ3n) is 6.26.